The zero-order valence-corrected chi connectivity index (χ0v) is 10.5. The van der Waals surface area contributed by atoms with Crippen LogP contribution >= 0.6 is 0 Å². The Morgan fingerprint density at radius 1 is 1.19 bits per heavy atom. The number of hydrogen-bond donors (Lipinski definition) is 2. The van der Waals surface area contributed by atoms with E-state index >= 15 is 0 Å². The molecule has 0 aromatic carbocycles. The predicted octanol–water partition coefficient (Wildman–Crippen LogP) is 2.18. The second kappa shape index (κ2) is 8.13. The number of hydrogen-bond acceptors (Lipinski definition) is 2. The summed E-state index contributed by atoms with van der Waals surface area (Å²) in [5.41, 5.74) is 0. The SMILES string of the molecule is CCC(NC(=O)CCCCC(=O)O)C(C)C. The van der Waals surface area contributed by atoms with Crippen molar-refractivity contribution < 1.29 is 14.7 Å². The topological polar surface area (TPSA) is 66.4 Å². The van der Waals surface area contributed by atoms with Crippen LogP contribution in [-0.4, -0.2) is 23.0 Å². The highest BCUT2D eigenvalue weighted by molar-refractivity contribution is 5.76. The van der Waals surface area contributed by atoms with Gasteiger partial charge in [0.2, 0.25) is 5.91 Å². The third kappa shape index (κ3) is 7.26. The van der Waals surface area contributed by atoms with Crippen molar-refractivity contribution in [2.24, 2.45) is 5.92 Å². The van der Waals surface area contributed by atoms with Gasteiger partial charge < -0.3 is 10.4 Å². The van der Waals surface area contributed by atoms with Gasteiger partial charge in [0.15, 0.2) is 0 Å². The number of rotatable bonds is 8. The van der Waals surface area contributed by atoms with Gasteiger partial charge in [-0.25, -0.2) is 0 Å². The Balaban J connectivity index is 3.68. The van der Waals surface area contributed by atoms with E-state index in [1.807, 2.05) is 0 Å². The van der Waals surface area contributed by atoms with Crippen LogP contribution in [0, 0.1) is 5.92 Å². The average molecular weight is 229 g/mol. The Kier molecular flexibility index (Phi) is 7.60. The molecule has 0 saturated heterocycles. The maximum atomic E-state index is 11.5. The van der Waals surface area contributed by atoms with E-state index in [0.29, 0.717) is 25.2 Å². The highest BCUT2D eigenvalue weighted by Gasteiger charge is 2.13. The summed E-state index contributed by atoms with van der Waals surface area (Å²) in [6.07, 6.45) is 2.72. The summed E-state index contributed by atoms with van der Waals surface area (Å²) in [7, 11) is 0. The number of carboxylic acid groups (broad SMARTS) is 1. The van der Waals surface area contributed by atoms with Crippen molar-refractivity contribution in [3.05, 3.63) is 0 Å². The largest absolute Gasteiger partial charge is 0.481 e. The van der Waals surface area contributed by atoms with Gasteiger partial charge in [-0.1, -0.05) is 20.8 Å². The van der Waals surface area contributed by atoms with Crippen LogP contribution in [0.2, 0.25) is 0 Å². The molecule has 94 valence electrons. The highest BCUT2D eigenvalue weighted by atomic mass is 16.4. The smallest absolute Gasteiger partial charge is 0.303 e. The zero-order chi connectivity index (χ0) is 12.6. The molecule has 0 aromatic heterocycles. The van der Waals surface area contributed by atoms with Crippen LogP contribution in [0.5, 0.6) is 0 Å². The summed E-state index contributed by atoms with van der Waals surface area (Å²) in [6, 6.07) is 0.229. The van der Waals surface area contributed by atoms with Crippen molar-refractivity contribution in [2.45, 2.75) is 58.9 Å². The van der Waals surface area contributed by atoms with Crippen molar-refractivity contribution in [1.82, 2.24) is 5.32 Å². The van der Waals surface area contributed by atoms with Gasteiger partial charge in [0.05, 0.1) is 0 Å². The van der Waals surface area contributed by atoms with Gasteiger partial charge in [-0.05, 0) is 25.2 Å². The zero-order valence-electron chi connectivity index (χ0n) is 10.5. The molecule has 0 radical (unpaired) electrons. The number of unbranched alkanes of at least 4 members (excludes halogenated alkanes) is 1. The van der Waals surface area contributed by atoms with Crippen LogP contribution in [0.25, 0.3) is 0 Å². The number of carbonyl (C=O) groups is 2. The molecular formula is C12H23NO3. The first-order valence-corrected chi connectivity index (χ1v) is 5.98. The molecule has 1 amide bonds. The molecule has 0 saturated carbocycles. The summed E-state index contributed by atoms with van der Waals surface area (Å²) in [5, 5.41) is 11.4. The van der Waals surface area contributed by atoms with Crippen LogP contribution in [0.15, 0.2) is 0 Å². The molecule has 2 N–H and O–H groups in total. The summed E-state index contributed by atoms with van der Waals surface area (Å²) >= 11 is 0. The normalized spacial score (nSPS) is 12.5. The minimum absolute atomic E-state index is 0.0333. The third-order valence-corrected chi connectivity index (χ3v) is 2.64. The first-order chi connectivity index (χ1) is 7.47. The fraction of sp³-hybridized carbons (Fsp3) is 0.833. The van der Waals surface area contributed by atoms with Crippen molar-refractivity contribution in [2.75, 3.05) is 0 Å². The Morgan fingerprint density at radius 2 is 1.75 bits per heavy atom. The molecule has 0 spiro atoms. The summed E-state index contributed by atoms with van der Waals surface area (Å²) in [4.78, 5) is 21.8. The Labute approximate surface area is 97.4 Å². The van der Waals surface area contributed by atoms with E-state index in [1.54, 1.807) is 0 Å². The Hall–Kier alpha value is -1.06. The lowest BCUT2D eigenvalue weighted by atomic mass is 10.0. The third-order valence-electron chi connectivity index (χ3n) is 2.64. The molecule has 0 aliphatic carbocycles. The van der Waals surface area contributed by atoms with E-state index in [2.05, 4.69) is 26.1 Å². The standard InChI is InChI=1S/C12H23NO3/c1-4-10(9(2)3)13-11(14)7-5-6-8-12(15)16/h9-10H,4-8H2,1-3H3,(H,13,14)(H,15,16). The van der Waals surface area contributed by atoms with E-state index in [-0.39, 0.29) is 18.4 Å². The van der Waals surface area contributed by atoms with E-state index < -0.39 is 5.97 Å². The molecule has 1 atom stereocenters. The number of carboxylic acids is 1. The molecular weight excluding hydrogens is 206 g/mol. The predicted molar refractivity (Wildman–Crippen MR) is 63.2 cm³/mol. The molecule has 0 aromatic rings. The van der Waals surface area contributed by atoms with E-state index in [0.717, 1.165) is 6.42 Å². The van der Waals surface area contributed by atoms with Crippen molar-refractivity contribution in [3.63, 3.8) is 0 Å². The maximum absolute atomic E-state index is 11.5. The first-order valence-electron chi connectivity index (χ1n) is 5.98. The summed E-state index contributed by atoms with van der Waals surface area (Å²) in [6.45, 7) is 6.22. The van der Waals surface area contributed by atoms with Crippen LogP contribution in [0.3, 0.4) is 0 Å². The van der Waals surface area contributed by atoms with Crippen LogP contribution in [0.4, 0.5) is 0 Å². The lowest BCUT2D eigenvalue weighted by Crippen LogP contribution is -2.37. The second-order valence-corrected chi connectivity index (χ2v) is 4.43. The van der Waals surface area contributed by atoms with Crippen molar-refractivity contribution in [1.29, 1.82) is 0 Å². The van der Waals surface area contributed by atoms with Gasteiger partial charge in [-0.2, -0.15) is 0 Å². The lowest BCUT2D eigenvalue weighted by molar-refractivity contribution is -0.137. The molecule has 0 bridgehead atoms. The van der Waals surface area contributed by atoms with Crippen LogP contribution in [0.1, 0.15) is 52.9 Å². The van der Waals surface area contributed by atoms with Crippen molar-refractivity contribution in [3.8, 4) is 0 Å². The van der Waals surface area contributed by atoms with Gasteiger partial charge in [0.25, 0.3) is 0 Å². The van der Waals surface area contributed by atoms with Gasteiger partial charge >= 0.3 is 5.97 Å². The van der Waals surface area contributed by atoms with Gasteiger partial charge in [0.1, 0.15) is 0 Å². The molecule has 1 unspecified atom stereocenters. The molecule has 0 aliphatic heterocycles. The quantitative estimate of drug-likeness (QED) is 0.627. The molecule has 4 heteroatoms. The van der Waals surface area contributed by atoms with Gasteiger partial charge in [-0.15, -0.1) is 0 Å². The highest BCUT2D eigenvalue weighted by Crippen LogP contribution is 2.06. The fourth-order valence-electron chi connectivity index (χ4n) is 1.58. The Morgan fingerprint density at radius 3 is 2.19 bits per heavy atom. The first kappa shape index (κ1) is 14.9. The molecule has 16 heavy (non-hydrogen) atoms. The second-order valence-electron chi connectivity index (χ2n) is 4.43. The summed E-state index contributed by atoms with van der Waals surface area (Å²) in [5.74, 6) is -0.326. The minimum atomic E-state index is -0.797. The average Bonchev–Trinajstić information content (AvgIpc) is 2.20. The Bertz CT molecular complexity index is 226. The number of carbonyl (C=O) groups excluding carboxylic acids is 1. The van der Waals surface area contributed by atoms with Crippen LogP contribution in [-0.2, 0) is 9.59 Å². The monoisotopic (exact) mass is 229 g/mol. The van der Waals surface area contributed by atoms with Crippen molar-refractivity contribution >= 4 is 11.9 Å². The minimum Gasteiger partial charge on any atom is -0.481 e. The fourth-order valence-corrected chi connectivity index (χ4v) is 1.58. The molecule has 0 heterocycles. The molecule has 0 aliphatic rings. The maximum Gasteiger partial charge on any atom is 0.303 e. The number of nitrogens with one attached hydrogen (secondary N) is 1. The number of amides is 1. The number of aliphatic carboxylic acids is 1. The molecule has 0 rings (SSSR count). The lowest BCUT2D eigenvalue weighted by Gasteiger charge is -2.20. The van der Waals surface area contributed by atoms with E-state index in [4.69, 9.17) is 5.11 Å². The molecule has 0 fully saturated rings. The molecule has 4 nitrogen and oxygen atoms in total. The van der Waals surface area contributed by atoms with E-state index in [1.165, 1.54) is 0 Å². The van der Waals surface area contributed by atoms with Gasteiger partial charge in [-0.3, -0.25) is 9.59 Å². The summed E-state index contributed by atoms with van der Waals surface area (Å²) < 4.78 is 0. The van der Waals surface area contributed by atoms with Gasteiger partial charge in [0, 0.05) is 18.9 Å². The van der Waals surface area contributed by atoms with E-state index in [9.17, 15) is 9.59 Å². The van der Waals surface area contributed by atoms with Crippen LogP contribution < -0.4 is 5.32 Å².